The largest absolute Gasteiger partial charge is 0.360 e. The Hall–Kier alpha value is -2.35. The van der Waals surface area contributed by atoms with Gasteiger partial charge >= 0.3 is 10.2 Å². The van der Waals surface area contributed by atoms with E-state index in [4.69, 9.17) is 4.52 Å². The van der Waals surface area contributed by atoms with Crippen molar-refractivity contribution in [3.63, 3.8) is 0 Å². The van der Waals surface area contributed by atoms with Crippen LogP contribution in [0.4, 0.5) is 5.69 Å². The maximum atomic E-state index is 12.6. The fourth-order valence-electron chi connectivity index (χ4n) is 3.34. The molecule has 4 rings (SSSR count). The molecular formula is C16H17N3O4S. The van der Waals surface area contributed by atoms with E-state index >= 15 is 0 Å². The summed E-state index contributed by atoms with van der Waals surface area (Å²) in [6.45, 7) is 0.318. The second-order valence-corrected chi connectivity index (χ2v) is 7.62. The Labute approximate surface area is 139 Å². The zero-order chi connectivity index (χ0) is 16.7. The summed E-state index contributed by atoms with van der Waals surface area (Å²) in [5, 5.41) is 3.78. The number of benzene rings is 1. The fraction of sp³-hybridized carbons (Fsp3) is 0.375. The molecule has 1 aliphatic carbocycles. The summed E-state index contributed by atoms with van der Waals surface area (Å²) >= 11 is 0. The molecule has 1 aromatic heterocycles. The minimum Gasteiger partial charge on any atom is -0.360 e. The number of hydrogen-bond donors (Lipinski definition) is 1. The smallest absolute Gasteiger partial charge is 0.326 e. The normalized spacial score (nSPS) is 16.6. The van der Waals surface area contributed by atoms with E-state index in [-0.39, 0.29) is 5.69 Å². The van der Waals surface area contributed by atoms with Gasteiger partial charge in [0.1, 0.15) is 5.76 Å². The van der Waals surface area contributed by atoms with Gasteiger partial charge in [-0.15, -0.1) is 0 Å². The third kappa shape index (κ3) is 2.47. The molecule has 24 heavy (non-hydrogen) atoms. The monoisotopic (exact) mass is 347 g/mol. The van der Waals surface area contributed by atoms with Crippen LogP contribution in [0.15, 0.2) is 28.8 Å². The fourth-order valence-corrected chi connectivity index (χ4v) is 4.55. The minimum absolute atomic E-state index is 0.0840. The first-order chi connectivity index (χ1) is 11.6. The summed E-state index contributed by atoms with van der Waals surface area (Å²) in [7, 11) is -3.97. The Morgan fingerprint density at radius 1 is 1.17 bits per heavy atom. The summed E-state index contributed by atoms with van der Waals surface area (Å²) in [5.41, 5.74) is 2.38. The van der Waals surface area contributed by atoms with E-state index < -0.39 is 16.1 Å². The molecule has 0 radical (unpaired) electrons. The molecule has 0 spiro atoms. The van der Waals surface area contributed by atoms with Gasteiger partial charge in [0.15, 0.2) is 5.69 Å². The molecule has 2 aliphatic rings. The minimum atomic E-state index is -3.97. The number of rotatable bonds is 3. The number of anilines is 1. The van der Waals surface area contributed by atoms with Gasteiger partial charge in [-0.1, -0.05) is 23.4 Å². The average molecular weight is 347 g/mol. The molecule has 0 bridgehead atoms. The standard InChI is InChI=1S/C16H17N3O4S/c20-16(15-12-6-2-4-8-14(12)23-17-15)18-24(21,22)19-10-9-11-5-1-3-7-13(11)19/h1,3,5,7H,2,4,6,8-10H2,(H,18,20). The Morgan fingerprint density at radius 2 is 1.96 bits per heavy atom. The van der Waals surface area contributed by atoms with Gasteiger partial charge in [0, 0.05) is 18.5 Å². The number of aromatic nitrogens is 1. The third-order valence-corrected chi connectivity index (χ3v) is 5.92. The van der Waals surface area contributed by atoms with E-state index in [1.807, 2.05) is 12.1 Å². The maximum absolute atomic E-state index is 12.6. The first kappa shape index (κ1) is 15.2. The molecule has 1 aliphatic heterocycles. The van der Waals surface area contributed by atoms with Crippen molar-refractivity contribution < 1.29 is 17.7 Å². The Bertz CT molecular complexity index is 904. The number of fused-ring (bicyclic) bond motifs is 2. The van der Waals surface area contributed by atoms with Crippen LogP contribution < -0.4 is 9.03 Å². The number of hydrogen-bond acceptors (Lipinski definition) is 5. The zero-order valence-corrected chi connectivity index (χ0v) is 13.8. The number of nitrogens with zero attached hydrogens (tertiary/aromatic N) is 2. The van der Waals surface area contributed by atoms with Crippen molar-refractivity contribution in [2.45, 2.75) is 32.1 Å². The molecule has 1 aromatic carbocycles. The van der Waals surface area contributed by atoms with Gasteiger partial charge in [0.25, 0.3) is 5.91 Å². The molecule has 8 heteroatoms. The second kappa shape index (κ2) is 5.62. The zero-order valence-electron chi connectivity index (χ0n) is 13.0. The number of carbonyl (C=O) groups is 1. The summed E-state index contributed by atoms with van der Waals surface area (Å²) in [6, 6.07) is 7.28. The molecule has 0 fully saturated rings. The van der Waals surface area contributed by atoms with Crippen molar-refractivity contribution >= 4 is 21.8 Å². The van der Waals surface area contributed by atoms with Gasteiger partial charge in [-0.25, -0.2) is 4.72 Å². The molecule has 1 amide bonds. The molecule has 1 N–H and O–H groups in total. The van der Waals surface area contributed by atoms with Crippen molar-refractivity contribution in [3.05, 3.63) is 46.8 Å². The predicted octanol–water partition coefficient (Wildman–Crippen LogP) is 1.59. The molecule has 126 valence electrons. The molecule has 7 nitrogen and oxygen atoms in total. The summed E-state index contributed by atoms with van der Waals surface area (Å²) in [4.78, 5) is 12.4. The van der Waals surface area contributed by atoms with Gasteiger partial charge in [0.05, 0.1) is 5.69 Å². The number of carbonyl (C=O) groups excluding carboxylic acids is 1. The van der Waals surface area contributed by atoms with Crippen LogP contribution in [-0.2, 0) is 29.5 Å². The van der Waals surface area contributed by atoms with E-state index in [0.717, 1.165) is 30.4 Å². The highest BCUT2D eigenvalue weighted by atomic mass is 32.2. The van der Waals surface area contributed by atoms with Crippen LogP contribution >= 0.6 is 0 Å². The van der Waals surface area contributed by atoms with E-state index in [0.29, 0.717) is 30.8 Å². The number of amides is 1. The van der Waals surface area contributed by atoms with Gasteiger partial charge in [-0.2, -0.15) is 8.42 Å². The Kier molecular flexibility index (Phi) is 3.56. The number of aryl methyl sites for hydroxylation is 1. The summed E-state index contributed by atoms with van der Waals surface area (Å²) in [6.07, 6.45) is 3.99. The summed E-state index contributed by atoms with van der Waals surface area (Å²) in [5.74, 6) is -0.0402. The van der Waals surface area contributed by atoms with Crippen LogP contribution in [0.1, 0.15) is 40.2 Å². The predicted molar refractivity (Wildman–Crippen MR) is 87.0 cm³/mol. The van der Waals surface area contributed by atoms with Crippen molar-refractivity contribution in [1.82, 2.24) is 9.88 Å². The lowest BCUT2D eigenvalue weighted by molar-refractivity contribution is 0.0971. The maximum Gasteiger partial charge on any atom is 0.326 e. The lowest BCUT2D eigenvalue weighted by Gasteiger charge is -2.19. The van der Waals surface area contributed by atoms with Gasteiger partial charge < -0.3 is 4.52 Å². The quantitative estimate of drug-likeness (QED) is 0.910. The molecule has 0 atom stereocenters. The molecule has 0 unspecified atom stereocenters. The third-order valence-electron chi connectivity index (χ3n) is 4.52. The van der Waals surface area contributed by atoms with E-state index in [9.17, 15) is 13.2 Å². The van der Waals surface area contributed by atoms with Gasteiger partial charge in [-0.3, -0.25) is 9.10 Å². The van der Waals surface area contributed by atoms with Crippen molar-refractivity contribution in [1.29, 1.82) is 0 Å². The number of para-hydroxylation sites is 1. The van der Waals surface area contributed by atoms with Crippen LogP contribution in [0.2, 0.25) is 0 Å². The Balaban J connectivity index is 1.59. The lowest BCUT2D eigenvalue weighted by Crippen LogP contribution is -2.43. The van der Waals surface area contributed by atoms with Crippen molar-refractivity contribution in [2.24, 2.45) is 0 Å². The number of nitrogens with one attached hydrogen (secondary N) is 1. The van der Waals surface area contributed by atoms with Crippen molar-refractivity contribution in [3.8, 4) is 0 Å². The van der Waals surface area contributed by atoms with E-state index in [1.54, 1.807) is 12.1 Å². The first-order valence-corrected chi connectivity index (χ1v) is 9.40. The first-order valence-electron chi connectivity index (χ1n) is 7.96. The van der Waals surface area contributed by atoms with Crippen LogP contribution in [0.25, 0.3) is 0 Å². The lowest BCUT2D eigenvalue weighted by atomic mass is 9.96. The molecule has 0 saturated heterocycles. The molecular weight excluding hydrogens is 330 g/mol. The van der Waals surface area contributed by atoms with E-state index in [1.165, 1.54) is 4.31 Å². The Morgan fingerprint density at radius 3 is 2.83 bits per heavy atom. The molecule has 2 heterocycles. The second-order valence-electron chi connectivity index (χ2n) is 6.03. The SMILES string of the molecule is O=C(NS(=O)(=O)N1CCc2ccccc21)c1noc2c1CCCC2. The van der Waals surface area contributed by atoms with Crippen molar-refractivity contribution in [2.75, 3.05) is 10.8 Å². The van der Waals surface area contributed by atoms with Crippen LogP contribution in [0, 0.1) is 0 Å². The van der Waals surface area contributed by atoms with Gasteiger partial charge in [0.2, 0.25) is 0 Å². The van der Waals surface area contributed by atoms with Crippen LogP contribution in [0.3, 0.4) is 0 Å². The van der Waals surface area contributed by atoms with Gasteiger partial charge in [-0.05, 0) is 37.3 Å². The molecule has 0 saturated carbocycles. The highest BCUT2D eigenvalue weighted by molar-refractivity contribution is 7.91. The van der Waals surface area contributed by atoms with Crippen LogP contribution in [-0.4, -0.2) is 26.0 Å². The highest BCUT2D eigenvalue weighted by Gasteiger charge is 2.33. The van der Waals surface area contributed by atoms with E-state index in [2.05, 4.69) is 9.88 Å². The topological polar surface area (TPSA) is 92.5 Å². The highest BCUT2D eigenvalue weighted by Crippen LogP contribution is 2.29. The van der Waals surface area contributed by atoms with Crippen LogP contribution in [0.5, 0.6) is 0 Å². The summed E-state index contributed by atoms with van der Waals surface area (Å²) < 4.78 is 33.8. The average Bonchev–Trinajstić information content (AvgIpc) is 3.19. The molecule has 2 aromatic rings.